The summed E-state index contributed by atoms with van der Waals surface area (Å²) in [5, 5.41) is 0.649. The minimum absolute atomic E-state index is 0.178. The van der Waals surface area contributed by atoms with Crippen LogP contribution in [0, 0.1) is 0 Å². The molecule has 1 rings (SSSR count). The Hall–Kier alpha value is -1.06. The second-order valence-corrected chi connectivity index (χ2v) is 4.03. The standard InChI is InChI=1S/C12H14Cl2N2O/c1-4-6-8(5-2)7-9-10(13)15-12(17-3)16-11(9)14/h4-6H,7H2,1-3H3/b6-4-,8-5+. The number of nitrogens with zero attached hydrogens (tertiary/aromatic N) is 2. The first kappa shape index (κ1) is 14.0. The van der Waals surface area contributed by atoms with E-state index in [4.69, 9.17) is 27.9 Å². The van der Waals surface area contributed by atoms with Crippen molar-refractivity contribution in [1.29, 1.82) is 0 Å². The maximum absolute atomic E-state index is 6.05. The third-order valence-corrected chi connectivity index (χ3v) is 2.83. The Morgan fingerprint density at radius 1 is 1.24 bits per heavy atom. The van der Waals surface area contributed by atoms with Crippen LogP contribution >= 0.6 is 23.2 Å². The number of rotatable bonds is 4. The first-order valence-corrected chi connectivity index (χ1v) is 5.91. The summed E-state index contributed by atoms with van der Waals surface area (Å²) in [7, 11) is 1.47. The summed E-state index contributed by atoms with van der Waals surface area (Å²) >= 11 is 12.1. The fourth-order valence-corrected chi connectivity index (χ4v) is 1.83. The normalized spacial score (nSPS) is 12.2. The van der Waals surface area contributed by atoms with Crippen LogP contribution in [-0.4, -0.2) is 17.1 Å². The summed E-state index contributed by atoms with van der Waals surface area (Å²) in [6.45, 7) is 3.92. The molecule has 0 saturated carbocycles. The molecule has 0 amide bonds. The van der Waals surface area contributed by atoms with Gasteiger partial charge >= 0.3 is 6.01 Å². The Balaban J connectivity index is 3.07. The fraction of sp³-hybridized carbons (Fsp3) is 0.333. The Morgan fingerprint density at radius 3 is 2.24 bits per heavy atom. The van der Waals surface area contributed by atoms with Crippen LogP contribution in [0.25, 0.3) is 0 Å². The van der Waals surface area contributed by atoms with Gasteiger partial charge < -0.3 is 4.74 Å². The van der Waals surface area contributed by atoms with Gasteiger partial charge in [-0.25, -0.2) is 0 Å². The number of aromatic nitrogens is 2. The quantitative estimate of drug-likeness (QED) is 0.617. The maximum atomic E-state index is 6.05. The van der Waals surface area contributed by atoms with Crippen LogP contribution in [0.5, 0.6) is 6.01 Å². The molecule has 0 radical (unpaired) electrons. The van der Waals surface area contributed by atoms with E-state index in [9.17, 15) is 0 Å². The van der Waals surface area contributed by atoms with Crippen LogP contribution in [0.4, 0.5) is 0 Å². The van der Waals surface area contributed by atoms with Gasteiger partial charge in [0, 0.05) is 12.0 Å². The Kier molecular flexibility index (Phi) is 5.45. The van der Waals surface area contributed by atoms with Crippen LogP contribution in [-0.2, 0) is 6.42 Å². The monoisotopic (exact) mass is 272 g/mol. The average Bonchev–Trinajstić information content (AvgIpc) is 2.31. The van der Waals surface area contributed by atoms with Crippen LogP contribution in [0.15, 0.2) is 23.8 Å². The van der Waals surface area contributed by atoms with E-state index >= 15 is 0 Å². The largest absolute Gasteiger partial charge is 0.467 e. The van der Waals surface area contributed by atoms with E-state index in [2.05, 4.69) is 9.97 Å². The van der Waals surface area contributed by atoms with E-state index in [0.717, 1.165) is 5.57 Å². The molecule has 0 aromatic carbocycles. The van der Waals surface area contributed by atoms with Crippen molar-refractivity contribution < 1.29 is 4.74 Å². The van der Waals surface area contributed by atoms with Crippen molar-refractivity contribution in [3.05, 3.63) is 39.7 Å². The van der Waals surface area contributed by atoms with E-state index in [0.29, 0.717) is 22.3 Å². The molecule has 5 heteroatoms. The first-order chi connectivity index (χ1) is 8.12. The van der Waals surface area contributed by atoms with Crippen LogP contribution in [0.3, 0.4) is 0 Å². The molecule has 0 aliphatic carbocycles. The number of ether oxygens (including phenoxy) is 1. The lowest BCUT2D eigenvalue weighted by Crippen LogP contribution is -1.99. The minimum Gasteiger partial charge on any atom is -0.467 e. The summed E-state index contributed by atoms with van der Waals surface area (Å²) in [4.78, 5) is 7.99. The highest BCUT2D eigenvalue weighted by atomic mass is 35.5. The Morgan fingerprint density at radius 2 is 1.82 bits per heavy atom. The van der Waals surface area contributed by atoms with E-state index in [1.165, 1.54) is 7.11 Å². The van der Waals surface area contributed by atoms with E-state index in [-0.39, 0.29) is 6.01 Å². The highest BCUT2D eigenvalue weighted by Gasteiger charge is 2.12. The molecule has 0 bridgehead atoms. The summed E-state index contributed by atoms with van der Waals surface area (Å²) in [5.74, 6) is 0. The molecule has 0 aliphatic rings. The zero-order chi connectivity index (χ0) is 12.8. The van der Waals surface area contributed by atoms with E-state index < -0.39 is 0 Å². The predicted octanol–water partition coefficient (Wildman–Crippen LogP) is 3.86. The predicted molar refractivity (Wildman–Crippen MR) is 70.9 cm³/mol. The Labute approximate surface area is 111 Å². The van der Waals surface area contributed by atoms with Crippen molar-refractivity contribution in [1.82, 2.24) is 9.97 Å². The average molecular weight is 273 g/mol. The number of allylic oxidation sites excluding steroid dienone is 4. The molecule has 1 heterocycles. The van der Waals surface area contributed by atoms with Gasteiger partial charge in [0.25, 0.3) is 0 Å². The molecule has 0 N–H and O–H groups in total. The third kappa shape index (κ3) is 3.72. The number of halogens is 2. The first-order valence-electron chi connectivity index (χ1n) is 5.16. The van der Waals surface area contributed by atoms with E-state index in [1.807, 2.05) is 32.1 Å². The summed E-state index contributed by atoms with van der Waals surface area (Å²) in [6, 6.07) is 0.178. The third-order valence-electron chi connectivity index (χ3n) is 2.20. The van der Waals surface area contributed by atoms with E-state index in [1.54, 1.807) is 0 Å². The smallest absolute Gasteiger partial charge is 0.318 e. The molecule has 0 fully saturated rings. The van der Waals surface area contributed by atoms with Crippen molar-refractivity contribution >= 4 is 23.2 Å². The molecule has 0 spiro atoms. The van der Waals surface area contributed by atoms with Crippen molar-refractivity contribution in [3.8, 4) is 6.01 Å². The molecular weight excluding hydrogens is 259 g/mol. The lowest BCUT2D eigenvalue weighted by molar-refractivity contribution is 0.379. The second kappa shape index (κ2) is 6.62. The lowest BCUT2D eigenvalue weighted by Gasteiger charge is -2.07. The van der Waals surface area contributed by atoms with Crippen molar-refractivity contribution in [3.63, 3.8) is 0 Å². The Bertz CT molecular complexity index is 433. The van der Waals surface area contributed by atoms with Gasteiger partial charge in [-0.15, -0.1) is 0 Å². The highest BCUT2D eigenvalue weighted by Crippen LogP contribution is 2.26. The summed E-state index contributed by atoms with van der Waals surface area (Å²) in [6.07, 6.45) is 6.55. The van der Waals surface area contributed by atoms with Gasteiger partial charge in [-0.3, -0.25) is 0 Å². The fourth-order valence-electron chi connectivity index (χ4n) is 1.33. The van der Waals surface area contributed by atoms with Crippen LogP contribution < -0.4 is 4.74 Å². The van der Waals surface area contributed by atoms with Crippen LogP contribution in [0.2, 0.25) is 10.3 Å². The number of methoxy groups -OCH3 is 1. The molecule has 92 valence electrons. The van der Waals surface area contributed by atoms with Gasteiger partial charge in [0.15, 0.2) is 0 Å². The number of hydrogen-bond acceptors (Lipinski definition) is 3. The molecule has 0 atom stereocenters. The number of hydrogen-bond donors (Lipinski definition) is 0. The summed E-state index contributed by atoms with van der Waals surface area (Å²) < 4.78 is 4.89. The minimum atomic E-state index is 0.178. The van der Waals surface area contributed by atoms with Gasteiger partial charge in [-0.05, 0) is 19.4 Å². The molecule has 0 unspecified atom stereocenters. The molecule has 0 saturated heterocycles. The maximum Gasteiger partial charge on any atom is 0.318 e. The molecular formula is C12H14Cl2N2O. The molecule has 1 aromatic heterocycles. The lowest BCUT2D eigenvalue weighted by atomic mass is 10.1. The molecule has 1 aromatic rings. The van der Waals surface area contributed by atoms with Crippen LogP contribution in [0.1, 0.15) is 19.4 Å². The molecule has 0 aliphatic heterocycles. The SMILES string of the molecule is C/C=C\C(=C/C)Cc1c(Cl)nc(OC)nc1Cl. The van der Waals surface area contributed by atoms with Gasteiger partial charge in [0.1, 0.15) is 10.3 Å². The van der Waals surface area contributed by atoms with Gasteiger partial charge in [-0.2, -0.15) is 9.97 Å². The highest BCUT2D eigenvalue weighted by molar-refractivity contribution is 6.34. The van der Waals surface area contributed by atoms with Crippen molar-refractivity contribution in [2.75, 3.05) is 7.11 Å². The summed E-state index contributed by atoms with van der Waals surface area (Å²) in [5.41, 5.74) is 1.81. The zero-order valence-electron chi connectivity index (χ0n) is 10.00. The molecule has 3 nitrogen and oxygen atoms in total. The zero-order valence-corrected chi connectivity index (χ0v) is 11.5. The van der Waals surface area contributed by atoms with Crippen molar-refractivity contribution in [2.24, 2.45) is 0 Å². The topological polar surface area (TPSA) is 35.0 Å². The van der Waals surface area contributed by atoms with Gasteiger partial charge in [0.2, 0.25) is 0 Å². The van der Waals surface area contributed by atoms with Gasteiger partial charge in [0.05, 0.1) is 7.11 Å². The van der Waals surface area contributed by atoms with Gasteiger partial charge in [-0.1, -0.05) is 41.4 Å². The second-order valence-electron chi connectivity index (χ2n) is 3.31. The van der Waals surface area contributed by atoms with Crippen molar-refractivity contribution in [2.45, 2.75) is 20.3 Å². The molecule has 17 heavy (non-hydrogen) atoms.